The molecule has 1 aliphatic carbocycles. The van der Waals surface area contributed by atoms with E-state index >= 15 is 0 Å². The van der Waals surface area contributed by atoms with Gasteiger partial charge in [0.2, 0.25) is 5.91 Å². The Morgan fingerprint density at radius 2 is 2.39 bits per heavy atom. The van der Waals surface area contributed by atoms with Gasteiger partial charge in [0.05, 0.1) is 11.1 Å². The maximum Gasteiger partial charge on any atom is 0.222 e. The van der Waals surface area contributed by atoms with Crippen molar-refractivity contribution in [1.29, 1.82) is 5.26 Å². The molecule has 1 aliphatic rings. The Morgan fingerprint density at radius 1 is 1.56 bits per heavy atom. The first kappa shape index (κ1) is 12.9. The van der Waals surface area contributed by atoms with E-state index in [1.54, 1.807) is 18.0 Å². The van der Waals surface area contributed by atoms with Crippen molar-refractivity contribution in [3.05, 3.63) is 24.4 Å². The van der Waals surface area contributed by atoms with Crippen LogP contribution >= 0.6 is 11.8 Å². The van der Waals surface area contributed by atoms with Crippen LogP contribution in [-0.4, -0.2) is 22.2 Å². The molecule has 1 fully saturated rings. The highest BCUT2D eigenvalue weighted by Gasteiger charge is 2.38. The van der Waals surface area contributed by atoms with E-state index in [0.717, 1.165) is 24.3 Å². The molecular formula is C13H15N3OS. The molecule has 0 unspecified atom stereocenters. The summed E-state index contributed by atoms with van der Waals surface area (Å²) in [5.74, 6) is 0.643. The minimum absolute atomic E-state index is 0.0420. The molecular weight excluding hydrogens is 246 g/mol. The summed E-state index contributed by atoms with van der Waals surface area (Å²) in [6, 6.07) is 7.91. The number of carbonyl (C=O) groups is 1. The average Bonchev–Trinajstić information content (AvgIpc) is 2.35. The molecule has 1 aromatic rings. The Kier molecular flexibility index (Phi) is 4.21. The highest BCUT2D eigenvalue weighted by atomic mass is 32.2. The third kappa shape index (κ3) is 3.23. The number of hydrogen-bond acceptors (Lipinski definition) is 4. The number of nitriles is 1. The van der Waals surface area contributed by atoms with Crippen molar-refractivity contribution in [1.82, 2.24) is 10.3 Å². The lowest BCUT2D eigenvalue weighted by Crippen LogP contribution is -2.52. The van der Waals surface area contributed by atoms with Gasteiger partial charge in [-0.2, -0.15) is 5.26 Å². The lowest BCUT2D eigenvalue weighted by molar-refractivity contribution is -0.122. The van der Waals surface area contributed by atoms with E-state index in [0.29, 0.717) is 12.2 Å². The quantitative estimate of drug-likeness (QED) is 0.825. The molecule has 0 bridgehead atoms. The lowest BCUT2D eigenvalue weighted by atomic mass is 9.78. The Bertz CT molecular complexity index is 451. The standard InChI is InChI=1S/C13H15N3OS/c14-10-13(6-3-7-13)16-11(17)5-9-18-12-4-1-2-8-15-12/h1-2,4,8H,3,5-7,9H2,(H,16,17). The fourth-order valence-electron chi connectivity index (χ4n) is 1.81. The number of hydrogen-bond donors (Lipinski definition) is 1. The predicted molar refractivity (Wildman–Crippen MR) is 69.9 cm³/mol. The van der Waals surface area contributed by atoms with E-state index in [1.807, 2.05) is 18.2 Å². The van der Waals surface area contributed by atoms with Crippen LogP contribution in [0.5, 0.6) is 0 Å². The van der Waals surface area contributed by atoms with Crippen LogP contribution in [0, 0.1) is 11.3 Å². The highest BCUT2D eigenvalue weighted by Crippen LogP contribution is 2.31. The SMILES string of the molecule is N#CC1(NC(=O)CCSc2ccccn2)CCC1. The first-order chi connectivity index (χ1) is 8.74. The molecule has 1 saturated carbocycles. The Balaban J connectivity index is 1.71. The molecule has 5 heteroatoms. The molecule has 18 heavy (non-hydrogen) atoms. The van der Waals surface area contributed by atoms with Crippen LogP contribution in [0.3, 0.4) is 0 Å². The van der Waals surface area contributed by atoms with Crippen LogP contribution in [0.4, 0.5) is 0 Å². The zero-order valence-electron chi connectivity index (χ0n) is 10.1. The largest absolute Gasteiger partial charge is 0.338 e. The number of nitrogens with one attached hydrogen (secondary N) is 1. The summed E-state index contributed by atoms with van der Waals surface area (Å²) < 4.78 is 0. The third-order valence-corrected chi connectivity index (χ3v) is 3.96. The smallest absolute Gasteiger partial charge is 0.222 e. The fraction of sp³-hybridized carbons (Fsp3) is 0.462. The van der Waals surface area contributed by atoms with E-state index in [9.17, 15) is 4.79 Å². The number of carbonyl (C=O) groups excluding carboxylic acids is 1. The molecule has 0 saturated heterocycles. The second-order valence-electron chi connectivity index (χ2n) is 4.36. The van der Waals surface area contributed by atoms with Crippen LogP contribution in [0.2, 0.25) is 0 Å². The topological polar surface area (TPSA) is 65.8 Å². The number of rotatable bonds is 5. The van der Waals surface area contributed by atoms with Gasteiger partial charge in [0.1, 0.15) is 5.54 Å². The fourth-order valence-corrected chi connectivity index (χ4v) is 2.61. The number of pyridine rings is 1. The minimum atomic E-state index is -0.577. The van der Waals surface area contributed by atoms with Gasteiger partial charge in [-0.15, -0.1) is 11.8 Å². The first-order valence-corrected chi connectivity index (χ1v) is 6.99. The van der Waals surface area contributed by atoms with Crippen LogP contribution in [-0.2, 0) is 4.79 Å². The molecule has 0 spiro atoms. The van der Waals surface area contributed by atoms with Gasteiger partial charge in [0.15, 0.2) is 0 Å². The molecule has 0 radical (unpaired) electrons. The van der Waals surface area contributed by atoms with E-state index in [2.05, 4.69) is 16.4 Å². The number of nitrogens with zero attached hydrogens (tertiary/aromatic N) is 2. The molecule has 2 rings (SSSR count). The van der Waals surface area contributed by atoms with Crippen LogP contribution in [0.25, 0.3) is 0 Å². The Labute approximate surface area is 111 Å². The average molecular weight is 261 g/mol. The molecule has 94 valence electrons. The minimum Gasteiger partial charge on any atom is -0.338 e. The molecule has 1 aromatic heterocycles. The van der Waals surface area contributed by atoms with Crippen molar-refractivity contribution in [3.63, 3.8) is 0 Å². The third-order valence-electron chi connectivity index (χ3n) is 3.02. The van der Waals surface area contributed by atoms with E-state index in [-0.39, 0.29) is 5.91 Å². The van der Waals surface area contributed by atoms with Gasteiger partial charge in [-0.1, -0.05) is 6.07 Å². The summed E-state index contributed by atoms with van der Waals surface area (Å²) in [5, 5.41) is 12.8. The summed E-state index contributed by atoms with van der Waals surface area (Å²) >= 11 is 1.55. The Morgan fingerprint density at radius 3 is 2.94 bits per heavy atom. The molecule has 1 heterocycles. The van der Waals surface area contributed by atoms with Crippen molar-refractivity contribution in [2.45, 2.75) is 36.2 Å². The normalized spacial score (nSPS) is 16.4. The molecule has 0 aromatic carbocycles. The molecule has 1 N–H and O–H groups in total. The van der Waals surface area contributed by atoms with Crippen LogP contribution in [0.15, 0.2) is 29.4 Å². The maximum atomic E-state index is 11.7. The number of thioether (sulfide) groups is 1. The van der Waals surface area contributed by atoms with Crippen LogP contribution in [0.1, 0.15) is 25.7 Å². The highest BCUT2D eigenvalue weighted by molar-refractivity contribution is 7.99. The van der Waals surface area contributed by atoms with Gasteiger partial charge < -0.3 is 5.32 Å². The summed E-state index contributed by atoms with van der Waals surface area (Å²) in [7, 11) is 0. The van der Waals surface area contributed by atoms with Gasteiger partial charge >= 0.3 is 0 Å². The molecule has 0 aliphatic heterocycles. The van der Waals surface area contributed by atoms with Gasteiger partial charge in [-0.25, -0.2) is 4.98 Å². The summed E-state index contributed by atoms with van der Waals surface area (Å²) in [6.07, 6.45) is 4.74. The van der Waals surface area contributed by atoms with Crippen molar-refractivity contribution in [3.8, 4) is 6.07 Å². The van der Waals surface area contributed by atoms with Crippen molar-refractivity contribution < 1.29 is 4.79 Å². The van der Waals surface area contributed by atoms with Crippen molar-refractivity contribution in [2.24, 2.45) is 0 Å². The van der Waals surface area contributed by atoms with Gasteiger partial charge in [-0.05, 0) is 31.4 Å². The van der Waals surface area contributed by atoms with Gasteiger partial charge in [0, 0.05) is 18.4 Å². The Hall–Kier alpha value is -1.54. The summed E-state index contributed by atoms with van der Waals surface area (Å²) in [4.78, 5) is 15.9. The van der Waals surface area contributed by atoms with Crippen molar-refractivity contribution in [2.75, 3.05) is 5.75 Å². The second kappa shape index (κ2) is 5.87. The van der Waals surface area contributed by atoms with E-state index in [4.69, 9.17) is 5.26 Å². The summed E-state index contributed by atoms with van der Waals surface area (Å²) in [6.45, 7) is 0. The predicted octanol–water partition coefficient (Wildman–Crippen LogP) is 2.13. The van der Waals surface area contributed by atoms with E-state index in [1.165, 1.54) is 0 Å². The van der Waals surface area contributed by atoms with Crippen LogP contribution < -0.4 is 5.32 Å². The number of amides is 1. The van der Waals surface area contributed by atoms with Crippen molar-refractivity contribution >= 4 is 17.7 Å². The lowest BCUT2D eigenvalue weighted by Gasteiger charge is -2.35. The first-order valence-electron chi connectivity index (χ1n) is 6.00. The van der Waals surface area contributed by atoms with E-state index < -0.39 is 5.54 Å². The molecule has 0 atom stereocenters. The maximum absolute atomic E-state index is 11.7. The monoisotopic (exact) mass is 261 g/mol. The van der Waals surface area contributed by atoms with Gasteiger partial charge in [0.25, 0.3) is 0 Å². The molecule has 4 nitrogen and oxygen atoms in total. The zero-order chi connectivity index (χ0) is 12.8. The number of aromatic nitrogens is 1. The summed E-state index contributed by atoms with van der Waals surface area (Å²) in [5.41, 5.74) is -0.577. The zero-order valence-corrected chi connectivity index (χ0v) is 10.9. The second-order valence-corrected chi connectivity index (χ2v) is 5.48. The molecule has 1 amide bonds. The van der Waals surface area contributed by atoms with Gasteiger partial charge in [-0.3, -0.25) is 4.79 Å².